The summed E-state index contributed by atoms with van der Waals surface area (Å²) < 4.78 is 0. The Morgan fingerprint density at radius 2 is 1.00 bits per heavy atom. The Morgan fingerprint density at radius 3 is 1.72 bits per heavy atom. The predicted octanol–water partition coefficient (Wildman–Crippen LogP) is 12.4. The quantitative estimate of drug-likeness (QED) is 0.181. The van der Waals surface area contributed by atoms with Gasteiger partial charge in [0.05, 0.1) is 16.9 Å². The third-order valence-corrected chi connectivity index (χ3v) is 10.1. The van der Waals surface area contributed by atoms with Crippen LogP contribution < -0.4 is 4.90 Å². The Balaban J connectivity index is 1.20. The molecule has 9 rings (SSSR count). The summed E-state index contributed by atoms with van der Waals surface area (Å²) in [6.07, 6.45) is 0. The summed E-state index contributed by atoms with van der Waals surface area (Å²) in [5, 5.41) is 1.04. The number of fused-ring (bicyclic) bond motifs is 4. The molecule has 0 fully saturated rings. The molecule has 0 N–H and O–H groups in total. The number of rotatable bonds is 6. The van der Waals surface area contributed by atoms with E-state index in [4.69, 9.17) is 9.97 Å². The first-order chi connectivity index (χ1) is 24.6. The van der Waals surface area contributed by atoms with Gasteiger partial charge in [-0.2, -0.15) is 0 Å². The van der Waals surface area contributed by atoms with Gasteiger partial charge in [-0.3, -0.25) is 0 Å². The Morgan fingerprint density at radius 1 is 0.440 bits per heavy atom. The van der Waals surface area contributed by atoms with Crippen LogP contribution in [0.2, 0.25) is 0 Å². The molecule has 0 spiro atoms. The molecule has 1 aliphatic rings. The number of benzene rings is 7. The number of nitrogens with zero attached hydrogens (tertiary/aromatic N) is 3. The van der Waals surface area contributed by atoms with Gasteiger partial charge in [0.2, 0.25) is 0 Å². The lowest BCUT2D eigenvalue weighted by Crippen LogP contribution is -2.16. The van der Waals surface area contributed by atoms with E-state index >= 15 is 0 Å². The van der Waals surface area contributed by atoms with Crippen molar-refractivity contribution in [1.82, 2.24) is 9.97 Å². The summed E-state index contributed by atoms with van der Waals surface area (Å²) in [6, 6.07) is 62.5. The van der Waals surface area contributed by atoms with Gasteiger partial charge in [0.15, 0.2) is 5.82 Å². The summed E-state index contributed by atoms with van der Waals surface area (Å²) in [5.74, 6) is 0.727. The highest BCUT2D eigenvalue weighted by Crippen LogP contribution is 2.54. The molecule has 0 aliphatic heterocycles. The first-order valence-electron chi connectivity index (χ1n) is 17.2. The summed E-state index contributed by atoms with van der Waals surface area (Å²) in [5.41, 5.74) is 14.9. The minimum Gasteiger partial charge on any atom is -0.310 e. The van der Waals surface area contributed by atoms with Gasteiger partial charge in [0.25, 0.3) is 0 Å². The molecule has 1 heterocycles. The highest BCUT2D eigenvalue weighted by Gasteiger charge is 2.37. The van der Waals surface area contributed by atoms with Gasteiger partial charge < -0.3 is 4.90 Å². The fraction of sp³-hybridized carbons (Fsp3) is 0.0638. The van der Waals surface area contributed by atoms with Crippen LogP contribution in [0.4, 0.5) is 17.1 Å². The molecule has 3 heteroatoms. The number of hydrogen-bond donors (Lipinski definition) is 0. The molecule has 50 heavy (non-hydrogen) atoms. The topological polar surface area (TPSA) is 29.0 Å². The highest BCUT2D eigenvalue weighted by atomic mass is 15.1. The lowest BCUT2D eigenvalue weighted by atomic mass is 9.82. The number of aromatic nitrogens is 2. The van der Waals surface area contributed by atoms with Gasteiger partial charge in [-0.1, -0.05) is 153 Å². The van der Waals surface area contributed by atoms with Crippen LogP contribution in [0.15, 0.2) is 176 Å². The highest BCUT2D eigenvalue weighted by molar-refractivity contribution is 5.97. The molecule has 0 atom stereocenters. The van der Waals surface area contributed by atoms with E-state index in [1.165, 1.54) is 39.1 Å². The zero-order chi connectivity index (χ0) is 33.7. The van der Waals surface area contributed by atoms with Crippen LogP contribution in [-0.4, -0.2) is 9.97 Å². The number of hydrogen-bond acceptors (Lipinski definition) is 3. The molecule has 1 aromatic heterocycles. The predicted molar refractivity (Wildman–Crippen MR) is 208 cm³/mol. The van der Waals surface area contributed by atoms with E-state index in [0.29, 0.717) is 0 Å². The Bertz CT molecular complexity index is 2480. The summed E-state index contributed by atoms with van der Waals surface area (Å²) in [4.78, 5) is 12.5. The van der Waals surface area contributed by atoms with Gasteiger partial charge >= 0.3 is 0 Å². The standard InChI is InChI=1S/C47H35N3/c1-47(2)40-20-11-9-18-38(40)44-41(47)21-13-23-43(44)50(36-28-24-33(25-29-36)32-14-5-3-6-15-32)37-30-26-34(27-31-37)45-39-19-10-12-22-42(39)48-46(49-45)35-16-7-4-8-17-35/h3-31H,1-2H3. The smallest absolute Gasteiger partial charge is 0.160 e. The van der Waals surface area contributed by atoms with Crippen molar-refractivity contribution in [2.24, 2.45) is 0 Å². The van der Waals surface area contributed by atoms with E-state index in [1.807, 2.05) is 24.3 Å². The molecule has 0 radical (unpaired) electrons. The van der Waals surface area contributed by atoms with Crippen LogP contribution in [0.1, 0.15) is 25.0 Å². The second kappa shape index (κ2) is 12.0. The second-order valence-corrected chi connectivity index (χ2v) is 13.4. The molecule has 0 saturated carbocycles. The Hall–Kier alpha value is -6.32. The van der Waals surface area contributed by atoms with E-state index in [2.05, 4.69) is 170 Å². The largest absolute Gasteiger partial charge is 0.310 e. The maximum atomic E-state index is 5.13. The van der Waals surface area contributed by atoms with Crippen molar-refractivity contribution in [3.05, 3.63) is 187 Å². The molecule has 0 unspecified atom stereocenters. The van der Waals surface area contributed by atoms with E-state index < -0.39 is 0 Å². The van der Waals surface area contributed by atoms with Crippen LogP contribution in [0.3, 0.4) is 0 Å². The maximum Gasteiger partial charge on any atom is 0.160 e. The molecule has 7 aromatic carbocycles. The normalized spacial score (nSPS) is 12.8. The van der Waals surface area contributed by atoms with Crippen molar-refractivity contribution in [1.29, 1.82) is 0 Å². The maximum absolute atomic E-state index is 5.13. The van der Waals surface area contributed by atoms with Crippen molar-refractivity contribution < 1.29 is 0 Å². The van der Waals surface area contributed by atoms with Crippen molar-refractivity contribution in [2.45, 2.75) is 19.3 Å². The second-order valence-electron chi connectivity index (χ2n) is 13.4. The van der Waals surface area contributed by atoms with E-state index in [9.17, 15) is 0 Å². The van der Waals surface area contributed by atoms with Crippen LogP contribution in [0.5, 0.6) is 0 Å². The molecule has 0 amide bonds. The van der Waals surface area contributed by atoms with Crippen molar-refractivity contribution >= 4 is 28.0 Å². The van der Waals surface area contributed by atoms with Gasteiger partial charge in [-0.15, -0.1) is 0 Å². The average Bonchev–Trinajstić information content (AvgIpc) is 3.42. The van der Waals surface area contributed by atoms with E-state index in [-0.39, 0.29) is 5.41 Å². The van der Waals surface area contributed by atoms with Crippen LogP contribution in [0.25, 0.3) is 55.8 Å². The van der Waals surface area contributed by atoms with Crippen molar-refractivity contribution in [3.8, 4) is 44.9 Å². The fourth-order valence-corrected chi connectivity index (χ4v) is 7.56. The average molecular weight is 642 g/mol. The third-order valence-electron chi connectivity index (χ3n) is 10.1. The lowest BCUT2D eigenvalue weighted by molar-refractivity contribution is 0.660. The molecule has 8 aromatic rings. The zero-order valence-corrected chi connectivity index (χ0v) is 28.1. The first kappa shape index (κ1) is 29.8. The molecule has 0 bridgehead atoms. The van der Waals surface area contributed by atoms with E-state index in [0.717, 1.165) is 44.9 Å². The van der Waals surface area contributed by atoms with Crippen molar-refractivity contribution in [2.75, 3.05) is 4.90 Å². The van der Waals surface area contributed by atoms with E-state index in [1.54, 1.807) is 0 Å². The summed E-state index contributed by atoms with van der Waals surface area (Å²) in [6.45, 7) is 4.68. The van der Waals surface area contributed by atoms with Gasteiger partial charge in [-0.05, 0) is 64.2 Å². The molecule has 238 valence electrons. The number of para-hydroxylation sites is 1. The zero-order valence-electron chi connectivity index (χ0n) is 28.1. The molecule has 1 aliphatic carbocycles. The van der Waals surface area contributed by atoms with Crippen LogP contribution in [-0.2, 0) is 5.41 Å². The molecular formula is C47H35N3. The van der Waals surface area contributed by atoms with Crippen molar-refractivity contribution in [3.63, 3.8) is 0 Å². The molecule has 3 nitrogen and oxygen atoms in total. The minimum absolute atomic E-state index is 0.0981. The van der Waals surface area contributed by atoms with Gasteiger partial charge in [0, 0.05) is 38.9 Å². The summed E-state index contributed by atoms with van der Waals surface area (Å²) in [7, 11) is 0. The van der Waals surface area contributed by atoms with Gasteiger partial charge in [0.1, 0.15) is 0 Å². The summed E-state index contributed by atoms with van der Waals surface area (Å²) >= 11 is 0. The van der Waals surface area contributed by atoms with Crippen LogP contribution >= 0.6 is 0 Å². The monoisotopic (exact) mass is 641 g/mol. The third kappa shape index (κ3) is 4.98. The van der Waals surface area contributed by atoms with Crippen LogP contribution in [0, 0.1) is 0 Å². The fourth-order valence-electron chi connectivity index (χ4n) is 7.56. The lowest BCUT2D eigenvalue weighted by Gasteiger charge is -2.29. The van der Waals surface area contributed by atoms with Gasteiger partial charge in [-0.25, -0.2) is 9.97 Å². The Kier molecular flexibility index (Phi) is 7.14. The first-order valence-corrected chi connectivity index (χ1v) is 17.2. The molecular weight excluding hydrogens is 607 g/mol. The Labute approximate surface area is 293 Å². The minimum atomic E-state index is -0.0981. The molecule has 0 saturated heterocycles. The number of anilines is 3. The SMILES string of the molecule is CC1(C)c2ccccc2-c2c(N(c3ccc(-c4ccccc4)cc3)c3ccc(-c4nc(-c5ccccc5)nc5ccccc45)cc3)cccc21.